The number of anilines is 2. The molecule has 47 heavy (non-hydrogen) atoms. The number of carboxylic acid groups (broad SMARTS) is 2. The SMILES string of the molecule is NC(=O)NC(Cc1ccc(NC(=O)c2cc(C(=O)NCCCCC(NC=O)C(=O)O)cc(N(N)/C=C(\N)CCCF)c2)cc1)C(=O)O. The Morgan fingerprint density at radius 3 is 2.11 bits per heavy atom. The number of nitrogens with zero attached hydrogens (tertiary/aromatic N) is 1. The molecule has 0 spiro atoms. The Labute approximate surface area is 269 Å². The summed E-state index contributed by atoms with van der Waals surface area (Å²) >= 11 is 0. The second kappa shape index (κ2) is 18.9. The Balaban J connectivity index is 2.22. The van der Waals surface area contributed by atoms with Crippen LogP contribution in [-0.4, -0.2) is 71.7 Å². The molecule has 0 radical (unpaired) electrons. The smallest absolute Gasteiger partial charge is 0.326 e. The Bertz CT molecular complexity index is 1450. The van der Waals surface area contributed by atoms with Gasteiger partial charge < -0.3 is 42.9 Å². The van der Waals surface area contributed by atoms with Gasteiger partial charge in [0.15, 0.2) is 0 Å². The van der Waals surface area contributed by atoms with Gasteiger partial charge >= 0.3 is 18.0 Å². The normalized spacial score (nSPS) is 12.3. The van der Waals surface area contributed by atoms with Gasteiger partial charge in [-0.3, -0.25) is 23.8 Å². The number of amides is 5. The van der Waals surface area contributed by atoms with E-state index >= 15 is 0 Å². The van der Waals surface area contributed by atoms with Crippen molar-refractivity contribution in [3.8, 4) is 0 Å². The summed E-state index contributed by atoms with van der Waals surface area (Å²) in [5.74, 6) is 2.54. The van der Waals surface area contributed by atoms with Crippen LogP contribution in [0.15, 0.2) is 54.4 Å². The zero-order valence-electron chi connectivity index (χ0n) is 25.4. The third-order valence-corrected chi connectivity index (χ3v) is 6.68. The summed E-state index contributed by atoms with van der Waals surface area (Å²) in [6.45, 7) is -0.403. The van der Waals surface area contributed by atoms with Crippen LogP contribution in [-0.2, 0) is 20.8 Å². The first-order chi connectivity index (χ1) is 22.3. The van der Waals surface area contributed by atoms with Gasteiger partial charge in [0.05, 0.1) is 12.4 Å². The minimum absolute atomic E-state index is 0.0451. The van der Waals surface area contributed by atoms with E-state index in [0.29, 0.717) is 30.5 Å². The molecule has 0 saturated carbocycles. The van der Waals surface area contributed by atoms with E-state index in [9.17, 15) is 38.3 Å². The zero-order valence-corrected chi connectivity index (χ0v) is 25.4. The molecule has 0 aliphatic heterocycles. The van der Waals surface area contributed by atoms with E-state index in [0.717, 1.165) is 5.01 Å². The molecule has 2 aromatic rings. The highest BCUT2D eigenvalue weighted by Gasteiger charge is 2.20. The molecule has 2 unspecified atom stereocenters. The fraction of sp³-hybridized carbons (Fsp3) is 0.333. The second-order valence-electron chi connectivity index (χ2n) is 10.4. The van der Waals surface area contributed by atoms with Gasteiger partial charge in [0.25, 0.3) is 11.8 Å². The molecule has 2 atom stereocenters. The van der Waals surface area contributed by atoms with Crippen molar-refractivity contribution in [3.63, 3.8) is 0 Å². The van der Waals surface area contributed by atoms with E-state index < -0.39 is 48.5 Å². The fourth-order valence-corrected chi connectivity index (χ4v) is 4.28. The van der Waals surface area contributed by atoms with Crippen molar-refractivity contribution in [1.29, 1.82) is 0 Å². The molecular formula is C30H39FN8O8. The highest BCUT2D eigenvalue weighted by molar-refractivity contribution is 6.07. The zero-order chi connectivity index (χ0) is 34.9. The van der Waals surface area contributed by atoms with Crippen molar-refractivity contribution in [1.82, 2.24) is 16.0 Å². The van der Waals surface area contributed by atoms with Gasteiger partial charge in [-0.15, -0.1) is 0 Å². The average Bonchev–Trinajstić information content (AvgIpc) is 3.02. The number of nitrogens with two attached hydrogens (primary N) is 3. The number of urea groups is 1. The number of rotatable bonds is 20. The summed E-state index contributed by atoms with van der Waals surface area (Å²) in [5.41, 5.74) is 12.4. The number of hydrogen-bond acceptors (Lipinski definition) is 9. The molecule has 2 aromatic carbocycles. The number of allylic oxidation sites excluding steroid dienone is 1. The average molecular weight is 659 g/mol. The number of nitrogens with one attached hydrogen (secondary N) is 4. The molecule has 254 valence electrons. The lowest BCUT2D eigenvalue weighted by molar-refractivity contribution is -0.141. The van der Waals surface area contributed by atoms with Crippen molar-refractivity contribution in [2.75, 3.05) is 23.5 Å². The summed E-state index contributed by atoms with van der Waals surface area (Å²) in [5, 5.41) is 29.2. The summed E-state index contributed by atoms with van der Waals surface area (Å²) in [6.07, 6.45) is 2.96. The minimum Gasteiger partial charge on any atom is -0.480 e. The van der Waals surface area contributed by atoms with Crippen molar-refractivity contribution < 1.29 is 43.4 Å². The lowest BCUT2D eigenvalue weighted by atomic mass is 10.0. The number of alkyl halides is 1. The highest BCUT2D eigenvalue weighted by Crippen LogP contribution is 2.21. The molecule has 0 aromatic heterocycles. The van der Waals surface area contributed by atoms with Gasteiger partial charge in [0, 0.05) is 41.7 Å². The Kier molecular flexibility index (Phi) is 15.1. The Hall–Kier alpha value is -5.71. The summed E-state index contributed by atoms with van der Waals surface area (Å²) in [7, 11) is 0. The number of hydrogen-bond donors (Lipinski definition) is 9. The maximum Gasteiger partial charge on any atom is 0.326 e. The molecule has 0 fully saturated rings. The highest BCUT2D eigenvalue weighted by atomic mass is 19.1. The molecule has 12 N–H and O–H groups in total. The van der Waals surface area contributed by atoms with Gasteiger partial charge in [-0.05, 0) is 68.0 Å². The number of carbonyl (C=O) groups is 6. The van der Waals surface area contributed by atoms with Crippen molar-refractivity contribution in [2.45, 2.75) is 50.6 Å². The van der Waals surface area contributed by atoms with Crippen LogP contribution in [0.25, 0.3) is 0 Å². The van der Waals surface area contributed by atoms with Crippen molar-refractivity contribution in [2.24, 2.45) is 17.3 Å². The van der Waals surface area contributed by atoms with Gasteiger partial charge in [-0.1, -0.05) is 12.1 Å². The van der Waals surface area contributed by atoms with Crippen LogP contribution in [0.4, 0.5) is 20.6 Å². The van der Waals surface area contributed by atoms with Gasteiger partial charge in [-0.25, -0.2) is 20.2 Å². The molecule has 0 aliphatic rings. The summed E-state index contributed by atoms with van der Waals surface area (Å²) in [4.78, 5) is 70.6. The number of carboxylic acids is 2. The summed E-state index contributed by atoms with van der Waals surface area (Å²) in [6, 6.07) is 7.07. The van der Waals surface area contributed by atoms with Crippen LogP contribution in [0.5, 0.6) is 0 Å². The monoisotopic (exact) mass is 658 g/mol. The lowest BCUT2D eigenvalue weighted by Crippen LogP contribution is -2.44. The Morgan fingerprint density at radius 1 is 0.894 bits per heavy atom. The predicted molar refractivity (Wildman–Crippen MR) is 170 cm³/mol. The summed E-state index contributed by atoms with van der Waals surface area (Å²) < 4.78 is 12.6. The molecule has 0 saturated heterocycles. The number of benzene rings is 2. The number of halogens is 1. The van der Waals surface area contributed by atoms with Crippen LogP contribution in [0.3, 0.4) is 0 Å². The van der Waals surface area contributed by atoms with Gasteiger partial charge in [0.1, 0.15) is 12.1 Å². The molecule has 2 rings (SSSR count). The van der Waals surface area contributed by atoms with E-state index in [-0.39, 0.29) is 54.7 Å². The molecular weight excluding hydrogens is 619 g/mol. The minimum atomic E-state index is -1.27. The van der Waals surface area contributed by atoms with E-state index in [4.69, 9.17) is 22.4 Å². The van der Waals surface area contributed by atoms with Crippen LogP contribution >= 0.6 is 0 Å². The van der Waals surface area contributed by atoms with E-state index in [2.05, 4.69) is 21.3 Å². The number of unbranched alkanes of at least 4 members (excludes halogenated alkanes) is 1. The molecule has 17 heteroatoms. The third kappa shape index (κ3) is 13.0. The molecule has 16 nitrogen and oxygen atoms in total. The first-order valence-electron chi connectivity index (χ1n) is 14.5. The number of aliphatic carboxylic acids is 2. The number of primary amides is 1. The second-order valence-corrected chi connectivity index (χ2v) is 10.4. The van der Waals surface area contributed by atoms with E-state index in [1.54, 1.807) is 12.1 Å². The van der Waals surface area contributed by atoms with E-state index in [1.165, 1.54) is 36.5 Å². The van der Waals surface area contributed by atoms with Crippen molar-refractivity contribution in [3.05, 3.63) is 71.1 Å². The van der Waals surface area contributed by atoms with Crippen LogP contribution in [0, 0.1) is 0 Å². The maximum absolute atomic E-state index is 13.3. The standard InChI is InChI=1S/C30H39FN8O8/c31-10-3-4-21(32)16-39(34)23-14-19(26(41)35-11-2-1-5-24(28(43)44)36-17-40)13-20(15-23)27(42)37-22-8-6-18(7-9-22)12-25(29(45)46)38-30(33)47/h6-9,13-17,24-25H,1-5,10-12,32,34H2,(H,35,41)(H,36,40)(H,37,42)(H,43,44)(H,45,46)(H3,33,38,47)/b21-16-. The van der Waals surface area contributed by atoms with Gasteiger partial charge in [-0.2, -0.15) is 0 Å². The molecule has 0 aliphatic carbocycles. The van der Waals surface area contributed by atoms with Crippen LogP contribution < -0.4 is 43.6 Å². The van der Waals surface area contributed by atoms with Crippen molar-refractivity contribution >= 4 is 47.6 Å². The van der Waals surface area contributed by atoms with Crippen LogP contribution in [0.1, 0.15) is 58.4 Å². The largest absolute Gasteiger partial charge is 0.480 e. The van der Waals surface area contributed by atoms with Crippen LogP contribution in [0.2, 0.25) is 0 Å². The first kappa shape index (κ1) is 37.5. The van der Waals surface area contributed by atoms with Gasteiger partial charge in [0.2, 0.25) is 6.41 Å². The Morgan fingerprint density at radius 2 is 1.53 bits per heavy atom. The molecule has 5 amide bonds. The third-order valence-electron chi connectivity index (χ3n) is 6.68. The number of carbonyl (C=O) groups excluding carboxylic acids is 4. The van der Waals surface area contributed by atoms with E-state index in [1.807, 2.05) is 0 Å². The molecule has 0 bridgehead atoms. The number of hydrazine groups is 1. The maximum atomic E-state index is 13.3. The fourth-order valence-electron chi connectivity index (χ4n) is 4.28. The molecule has 0 heterocycles. The first-order valence-corrected chi connectivity index (χ1v) is 14.5. The lowest BCUT2D eigenvalue weighted by Gasteiger charge is -2.18. The quantitative estimate of drug-likeness (QED) is 0.0418. The topological polar surface area (TPSA) is 272 Å². The predicted octanol–water partition coefficient (Wildman–Crippen LogP) is 0.932.